The molecule has 2 aromatic heterocycles. The number of hydrogen-bond acceptors (Lipinski definition) is 6. The summed E-state index contributed by atoms with van der Waals surface area (Å²) in [5, 5.41) is 0. The zero-order valence-corrected chi connectivity index (χ0v) is 13.4. The van der Waals surface area contributed by atoms with E-state index in [1.165, 1.54) is 6.33 Å². The summed E-state index contributed by atoms with van der Waals surface area (Å²) in [5.74, 6) is 1.22. The van der Waals surface area contributed by atoms with Gasteiger partial charge in [-0.1, -0.05) is 0 Å². The van der Waals surface area contributed by atoms with Crippen LogP contribution in [0, 0.1) is 5.92 Å². The molecule has 2 saturated heterocycles. The fourth-order valence-corrected chi connectivity index (χ4v) is 3.47. The first kappa shape index (κ1) is 15.3. The molecule has 2 aliphatic heterocycles. The molecule has 0 radical (unpaired) electrons. The first-order valence-electron chi connectivity index (χ1n) is 8.21. The standard InChI is InChI=1S/C17H20N4O3/c22-17(15-3-4-18-12-19-15)21-9-13-8-20(5-7-24-16(13)11-21)10-14-2-1-6-23-14/h1-4,6,12-13,16H,5,7-11H2/t13-,16+/m1/s1. The van der Waals surface area contributed by atoms with Crippen molar-refractivity contribution in [1.29, 1.82) is 0 Å². The number of aromatic nitrogens is 2. The first-order valence-corrected chi connectivity index (χ1v) is 8.21. The molecule has 24 heavy (non-hydrogen) atoms. The van der Waals surface area contributed by atoms with Gasteiger partial charge in [-0.25, -0.2) is 9.97 Å². The van der Waals surface area contributed by atoms with Crippen LogP contribution in [0.2, 0.25) is 0 Å². The van der Waals surface area contributed by atoms with Crippen LogP contribution < -0.4 is 0 Å². The van der Waals surface area contributed by atoms with Crippen molar-refractivity contribution in [2.24, 2.45) is 5.92 Å². The minimum Gasteiger partial charge on any atom is -0.468 e. The summed E-state index contributed by atoms with van der Waals surface area (Å²) in [4.78, 5) is 24.7. The Morgan fingerprint density at radius 1 is 1.29 bits per heavy atom. The number of likely N-dealkylation sites (tertiary alicyclic amines) is 1. The van der Waals surface area contributed by atoms with Crippen molar-refractivity contribution in [1.82, 2.24) is 19.8 Å². The van der Waals surface area contributed by atoms with Crippen molar-refractivity contribution >= 4 is 5.91 Å². The number of nitrogens with zero attached hydrogens (tertiary/aromatic N) is 4. The van der Waals surface area contributed by atoms with Crippen LogP contribution in [0.4, 0.5) is 0 Å². The lowest BCUT2D eigenvalue weighted by Crippen LogP contribution is -2.34. The molecule has 0 aliphatic carbocycles. The van der Waals surface area contributed by atoms with Gasteiger partial charge in [-0.3, -0.25) is 9.69 Å². The number of carbonyl (C=O) groups excluding carboxylic acids is 1. The second kappa shape index (κ2) is 6.70. The maximum Gasteiger partial charge on any atom is 0.272 e. The lowest BCUT2D eigenvalue weighted by molar-refractivity contribution is 0.0481. The average Bonchev–Trinajstić information content (AvgIpc) is 3.22. The van der Waals surface area contributed by atoms with Crippen molar-refractivity contribution in [2.45, 2.75) is 12.6 Å². The summed E-state index contributed by atoms with van der Waals surface area (Å²) in [5.41, 5.74) is 0.439. The van der Waals surface area contributed by atoms with E-state index in [-0.39, 0.29) is 12.0 Å². The van der Waals surface area contributed by atoms with Crippen molar-refractivity contribution in [3.05, 3.63) is 48.4 Å². The van der Waals surface area contributed by atoms with Gasteiger partial charge >= 0.3 is 0 Å². The molecule has 0 aromatic carbocycles. The number of ether oxygens (including phenoxy) is 1. The maximum absolute atomic E-state index is 12.6. The van der Waals surface area contributed by atoms with Crippen molar-refractivity contribution in [3.63, 3.8) is 0 Å². The second-order valence-corrected chi connectivity index (χ2v) is 6.29. The molecule has 2 fully saturated rings. The van der Waals surface area contributed by atoms with Crippen LogP contribution in [-0.2, 0) is 11.3 Å². The molecule has 4 rings (SSSR count). The fourth-order valence-electron chi connectivity index (χ4n) is 3.47. The minimum absolute atomic E-state index is 0.0494. The number of rotatable bonds is 3. The quantitative estimate of drug-likeness (QED) is 0.838. The first-order chi connectivity index (χ1) is 11.8. The number of hydrogen-bond donors (Lipinski definition) is 0. The monoisotopic (exact) mass is 328 g/mol. The van der Waals surface area contributed by atoms with Crippen LogP contribution in [0.3, 0.4) is 0 Å². The third-order valence-corrected chi connectivity index (χ3v) is 4.66. The summed E-state index contributed by atoms with van der Waals surface area (Å²) in [7, 11) is 0. The van der Waals surface area contributed by atoms with Crippen LogP contribution in [0.5, 0.6) is 0 Å². The second-order valence-electron chi connectivity index (χ2n) is 6.29. The van der Waals surface area contributed by atoms with Gasteiger partial charge in [0, 0.05) is 38.3 Å². The molecule has 4 heterocycles. The highest BCUT2D eigenvalue weighted by molar-refractivity contribution is 5.92. The van der Waals surface area contributed by atoms with Gasteiger partial charge < -0.3 is 14.1 Å². The van der Waals surface area contributed by atoms with Crippen LogP contribution in [-0.4, -0.2) is 64.6 Å². The van der Waals surface area contributed by atoms with Gasteiger partial charge in [0.05, 0.1) is 25.5 Å². The van der Waals surface area contributed by atoms with E-state index in [4.69, 9.17) is 9.15 Å². The van der Waals surface area contributed by atoms with E-state index in [2.05, 4.69) is 14.9 Å². The van der Waals surface area contributed by atoms with E-state index in [1.54, 1.807) is 18.5 Å². The van der Waals surface area contributed by atoms with Gasteiger partial charge in [0.1, 0.15) is 17.8 Å². The highest BCUT2D eigenvalue weighted by atomic mass is 16.5. The molecule has 2 aromatic rings. The Bertz CT molecular complexity index is 676. The number of furan rings is 1. The van der Waals surface area contributed by atoms with Gasteiger partial charge in [-0.15, -0.1) is 0 Å². The lowest BCUT2D eigenvalue weighted by Gasteiger charge is -2.22. The topological polar surface area (TPSA) is 71.7 Å². The summed E-state index contributed by atoms with van der Waals surface area (Å²) in [6.07, 6.45) is 4.79. The Labute approximate surface area is 140 Å². The van der Waals surface area contributed by atoms with Gasteiger partial charge in [0.2, 0.25) is 0 Å². The molecular weight excluding hydrogens is 308 g/mol. The number of fused-ring (bicyclic) bond motifs is 1. The molecule has 2 atom stereocenters. The third kappa shape index (κ3) is 3.18. The summed E-state index contributed by atoms with van der Waals surface area (Å²) in [6, 6.07) is 5.55. The Kier molecular flexibility index (Phi) is 4.27. The van der Waals surface area contributed by atoms with E-state index in [0.717, 1.165) is 25.4 Å². The van der Waals surface area contributed by atoms with Crippen LogP contribution in [0.1, 0.15) is 16.2 Å². The highest BCUT2D eigenvalue weighted by Gasteiger charge is 2.39. The molecule has 126 valence electrons. The van der Waals surface area contributed by atoms with Crippen LogP contribution in [0.15, 0.2) is 41.4 Å². The average molecular weight is 328 g/mol. The largest absolute Gasteiger partial charge is 0.468 e. The fraction of sp³-hybridized carbons (Fsp3) is 0.471. The Morgan fingerprint density at radius 3 is 3.04 bits per heavy atom. The summed E-state index contributed by atoms with van der Waals surface area (Å²) in [6.45, 7) is 4.56. The van der Waals surface area contributed by atoms with E-state index in [1.807, 2.05) is 17.0 Å². The molecule has 0 saturated carbocycles. The molecule has 0 unspecified atom stereocenters. The molecule has 7 heteroatoms. The van der Waals surface area contributed by atoms with Gasteiger partial charge in [-0.05, 0) is 18.2 Å². The van der Waals surface area contributed by atoms with E-state index in [0.29, 0.717) is 31.3 Å². The van der Waals surface area contributed by atoms with Crippen LogP contribution >= 0.6 is 0 Å². The van der Waals surface area contributed by atoms with Gasteiger partial charge in [0.25, 0.3) is 5.91 Å². The predicted molar refractivity (Wildman–Crippen MR) is 85.2 cm³/mol. The van der Waals surface area contributed by atoms with E-state index < -0.39 is 0 Å². The SMILES string of the molecule is O=C(c1ccncn1)N1C[C@H]2CN(Cc3ccco3)CCO[C@H]2C1. The van der Waals surface area contributed by atoms with Gasteiger partial charge in [-0.2, -0.15) is 0 Å². The van der Waals surface area contributed by atoms with E-state index >= 15 is 0 Å². The highest BCUT2D eigenvalue weighted by Crippen LogP contribution is 2.25. The normalized spacial score (nSPS) is 24.6. The lowest BCUT2D eigenvalue weighted by atomic mass is 10.1. The number of carbonyl (C=O) groups is 1. The smallest absolute Gasteiger partial charge is 0.272 e. The van der Waals surface area contributed by atoms with E-state index in [9.17, 15) is 4.79 Å². The molecule has 0 spiro atoms. The summed E-state index contributed by atoms with van der Waals surface area (Å²) < 4.78 is 11.4. The molecule has 1 amide bonds. The van der Waals surface area contributed by atoms with Gasteiger partial charge in [0.15, 0.2) is 0 Å². The zero-order valence-electron chi connectivity index (χ0n) is 13.4. The Balaban J connectivity index is 1.41. The predicted octanol–water partition coefficient (Wildman–Crippen LogP) is 1.04. The zero-order chi connectivity index (χ0) is 16.4. The Hall–Kier alpha value is -2.25. The summed E-state index contributed by atoms with van der Waals surface area (Å²) >= 11 is 0. The number of amides is 1. The molecule has 0 N–H and O–H groups in total. The van der Waals surface area contributed by atoms with Crippen LogP contribution in [0.25, 0.3) is 0 Å². The van der Waals surface area contributed by atoms with Crippen molar-refractivity contribution in [3.8, 4) is 0 Å². The third-order valence-electron chi connectivity index (χ3n) is 4.66. The van der Waals surface area contributed by atoms with Crippen molar-refractivity contribution < 1.29 is 13.9 Å². The maximum atomic E-state index is 12.6. The molecule has 2 aliphatic rings. The molecule has 7 nitrogen and oxygen atoms in total. The molecule has 0 bridgehead atoms. The molecular formula is C17H20N4O3. The minimum atomic E-state index is -0.0494. The van der Waals surface area contributed by atoms with Crippen molar-refractivity contribution in [2.75, 3.05) is 32.8 Å². The Morgan fingerprint density at radius 2 is 2.25 bits per heavy atom.